The van der Waals surface area contributed by atoms with Gasteiger partial charge in [-0.25, -0.2) is 0 Å². The Bertz CT molecular complexity index is 642. The fraction of sp³-hybridized carbons (Fsp3) is 0.556. The minimum atomic E-state index is -3.94. The molecule has 1 saturated heterocycles. The Labute approximate surface area is 153 Å². The number of hydrogen-bond donors (Lipinski definition) is 2. The molecule has 1 aliphatic heterocycles. The summed E-state index contributed by atoms with van der Waals surface area (Å²) in [5.41, 5.74) is 2.58. The first-order chi connectivity index (χ1) is 11.1. The maximum absolute atomic E-state index is 10.8. The molecule has 0 amide bonds. The van der Waals surface area contributed by atoms with Crippen molar-refractivity contribution in [2.45, 2.75) is 31.8 Å². The lowest BCUT2D eigenvalue weighted by Crippen LogP contribution is -2.27. The first kappa shape index (κ1) is 19.9. The van der Waals surface area contributed by atoms with Crippen LogP contribution < -0.4 is 0 Å². The third-order valence-electron chi connectivity index (χ3n) is 4.07. The third kappa shape index (κ3) is 6.50. The molecular formula is C18H25O3PS2. The van der Waals surface area contributed by atoms with E-state index in [9.17, 15) is 4.57 Å². The van der Waals surface area contributed by atoms with Crippen molar-refractivity contribution in [1.29, 1.82) is 0 Å². The number of thioether (sulfide) groups is 2. The van der Waals surface area contributed by atoms with Crippen LogP contribution in [0.25, 0.3) is 0 Å². The summed E-state index contributed by atoms with van der Waals surface area (Å²) < 4.78 is 11.3. The van der Waals surface area contributed by atoms with Gasteiger partial charge in [0.05, 0.1) is 10.7 Å². The summed E-state index contributed by atoms with van der Waals surface area (Å²) in [6, 6.07) is 8.23. The first-order valence-electron chi connectivity index (χ1n) is 8.02. The Kier molecular flexibility index (Phi) is 6.93. The summed E-state index contributed by atoms with van der Waals surface area (Å²) in [6.07, 6.45) is 0.0386. The molecule has 3 nitrogen and oxygen atoms in total. The normalized spacial score (nSPS) is 21.9. The van der Waals surface area contributed by atoms with Gasteiger partial charge in [-0.2, -0.15) is 0 Å². The SMILES string of the molecule is CC(C)(C)C1CSC(c2ccc(C#CCCP(=O)(O)O)cc2)SC1. The Morgan fingerprint density at radius 3 is 2.25 bits per heavy atom. The molecule has 0 radical (unpaired) electrons. The monoisotopic (exact) mass is 384 g/mol. The van der Waals surface area contributed by atoms with Crippen LogP contribution in [-0.4, -0.2) is 27.5 Å². The van der Waals surface area contributed by atoms with Gasteiger partial charge in [0.25, 0.3) is 0 Å². The van der Waals surface area contributed by atoms with Crippen LogP contribution >= 0.6 is 31.1 Å². The van der Waals surface area contributed by atoms with Gasteiger partial charge in [-0.3, -0.25) is 4.57 Å². The quantitative estimate of drug-likeness (QED) is 0.582. The van der Waals surface area contributed by atoms with E-state index in [1.165, 1.54) is 17.1 Å². The molecule has 1 heterocycles. The molecular weight excluding hydrogens is 359 g/mol. The van der Waals surface area contributed by atoms with E-state index in [1.54, 1.807) is 0 Å². The molecule has 0 spiro atoms. The zero-order chi connectivity index (χ0) is 17.8. The highest BCUT2D eigenvalue weighted by Crippen LogP contribution is 2.49. The number of hydrogen-bond acceptors (Lipinski definition) is 3. The van der Waals surface area contributed by atoms with Gasteiger partial charge in [0.2, 0.25) is 0 Å². The molecule has 2 rings (SSSR count). The van der Waals surface area contributed by atoms with Crippen molar-refractivity contribution in [3.05, 3.63) is 35.4 Å². The molecule has 0 unspecified atom stereocenters. The van der Waals surface area contributed by atoms with Gasteiger partial charge >= 0.3 is 7.60 Å². The van der Waals surface area contributed by atoms with Crippen LogP contribution in [-0.2, 0) is 4.57 Å². The Morgan fingerprint density at radius 1 is 1.17 bits per heavy atom. The third-order valence-corrected chi connectivity index (χ3v) is 8.03. The highest BCUT2D eigenvalue weighted by Gasteiger charge is 2.31. The molecule has 1 aliphatic rings. The molecule has 1 fully saturated rings. The van der Waals surface area contributed by atoms with Crippen LogP contribution in [0.3, 0.4) is 0 Å². The number of benzene rings is 1. The Morgan fingerprint density at radius 2 is 1.75 bits per heavy atom. The van der Waals surface area contributed by atoms with Crippen LogP contribution in [0.15, 0.2) is 24.3 Å². The molecule has 0 saturated carbocycles. The Hall–Kier alpha value is -0.370. The van der Waals surface area contributed by atoms with Crippen molar-refractivity contribution < 1.29 is 14.4 Å². The Balaban J connectivity index is 1.89. The van der Waals surface area contributed by atoms with Gasteiger partial charge in [-0.15, -0.1) is 23.5 Å². The second kappa shape index (κ2) is 8.34. The van der Waals surface area contributed by atoms with Crippen molar-refractivity contribution in [3.63, 3.8) is 0 Å². The molecule has 2 N–H and O–H groups in total. The fourth-order valence-corrected chi connectivity index (χ4v) is 6.44. The largest absolute Gasteiger partial charge is 0.326 e. The van der Waals surface area contributed by atoms with Gasteiger partial charge in [-0.1, -0.05) is 44.7 Å². The van der Waals surface area contributed by atoms with E-state index in [-0.39, 0.29) is 12.6 Å². The lowest BCUT2D eigenvalue weighted by atomic mass is 9.83. The summed E-state index contributed by atoms with van der Waals surface area (Å²) in [5, 5.41) is 0. The van der Waals surface area contributed by atoms with Gasteiger partial charge in [0.1, 0.15) is 0 Å². The standard InChI is InChI=1S/C18H25O3PS2/c1-18(2,3)16-12-23-17(24-13-16)15-9-7-14(8-10-15)6-4-5-11-22(19,20)21/h7-10,16-17H,5,11-13H2,1-3H3,(H2,19,20,21). The molecule has 0 aromatic heterocycles. The van der Waals surface area contributed by atoms with Crippen LogP contribution in [0.2, 0.25) is 0 Å². The predicted molar refractivity (Wildman–Crippen MR) is 105 cm³/mol. The van der Waals surface area contributed by atoms with Crippen LogP contribution in [0.4, 0.5) is 0 Å². The van der Waals surface area contributed by atoms with Crippen molar-refractivity contribution in [1.82, 2.24) is 0 Å². The van der Waals surface area contributed by atoms with Crippen molar-refractivity contribution >= 4 is 31.1 Å². The maximum Gasteiger partial charge on any atom is 0.326 e. The summed E-state index contributed by atoms with van der Waals surface area (Å²) >= 11 is 4.04. The number of rotatable bonds is 3. The summed E-state index contributed by atoms with van der Waals surface area (Å²) in [6.45, 7) is 6.96. The van der Waals surface area contributed by atoms with E-state index in [0.717, 1.165) is 11.5 Å². The van der Waals surface area contributed by atoms with Crippen LogP contribution in [0.1, 0.15) is 42.9 Å². The van der Waals surface area contributed by atoms with Gasteiger partial charge < -0.3 is 9.79 Å². The van der Waals surface area contributed by atoms with Crippen molar-refractivity contribution in [2.75, 3.05) is 17.7 Å². The molecule has 132 valence electrons. The first-order valence-corrected chi connectivity index (χ1v) is 11.9. The summed E-state index contributed by atoms with van der Waals surface area (Å²) in [4.78, 5) is 17.6. The average Bonchev–Trinajstić information content (AvgIpc) is 2.51. The van der Waals surface area contributed by atoms with Crippen molar-refractivity contribution in [2.24, 2.45) is 11.3 Å². The van der Waals surface area contributed by atoms with E-state index in [1.807, 2.05) is 35.7 Å². The predicted octanol–water partition coefficient (Wildman–Crippen LogP) is 4.75. The molecule has 0 aliphatic carbocycles. The molecule has 0 atom stereocenters. The van der Waals surface area contributed by atoms with Crippen LogP contribution in [0.5, 0.6) is 0 Å². The minimum absolute atomic E-state index is 0.178. The molecule has 24 heavy (non-hydrogen) atoms. The van der Waals surface area contributed by atoms with E-state index in [0.29, 0.717) is 10.00 Å². The zero-order valence-electron chi connectivity index (χ0n) is 14.4. The lowest BCUT2D eigenvalue weighted by molar-refractivity contribution is 0.292. The summed E-state index contributed by atoms with van der Waals surface area (Å²) in [5.74, 6) is 8.95. The van der Waals surface area contributed by atoms with Crippen LogP contribution in [0, 0.1) is 23.2 Å². The zero-order valence-corrected chi connectivity index (χ0v) is 16.9. The van der Waals surface area contributed by atoms with E-state index < -0.39 is 7.60 Å². The van der Waals surface area contributed by atoms with Gasteiger partial charge in [0, 0.05) is 12.0 Å². The smallest absolute Gasteiger partial charge is 0.324 e. The fourth-order valence-electron chi connectivity index (χ4n) is 2.29. The maximum atomic E-state index is 10.8. The van der Waals surface area contributed by atoms with E-state index >= 15 is 0 Å². The van der Waals surface area contributed by atoms with E-state index in [2.05, 4.69) is 44.7 Å². The summed E-state index contributed by atoms with van der Waals surface area (Å²) in [7, 11) is -3.94. The highest BCUT2D eigenvalue weighted by atomic mass is 32.2. The molecule has 1 aromatic carbocycles. The minimum Gasteiger partial charge on any atom is -0.324 e. The topological polar surface area (TPSA) is 57.5 Å². The molecule has 0 bridgehead atoms. The second-order valence-corrected chi connectivity index (χ2v) is 11.5. The molecule has 6 heteroatoms. The second-order valence-electron chi connectivity index (χ2n) is 7.12. The average molecular weight is 385 g/mol. The highest BCUT2D eigenvalue weighted by molar-refractivity contribution is 8.16. The van der Waals surface area contributed by atoms with Gasteiger partial charge in [-0.05, 0) is 40.5 Å². The van der Waals surface area contributed by atoms with E-state index in [4.69, 9.17) is 9.79 Å². The van der Waals surface area contributed by atoms with Gasteiger partial charge in [0.15, 0.2) is 0 Å². The van der Waals surface area contributed by atoms with Crippen molar-refractivity contribution in [3.8, 4) is 11.8 Å². The molecule has 1 aromatic rings. The lowest BCUT2D eigenvalue weighted by Gasteiger charge is -2.36.